The van der Waals surface area contributed by atoms with Crippen LogP contribution in [0.4, 0.5) is 24.5 Å². The van der Waals surface area contributed by atoms with E-state index in [4.69, 9.17) is 4.74 Å². The monoisotopic (exact) mass is 619 g/mol. The van der Waals surface area contributed by atoms with Gasteiger partial charge in [0, 0.05) is 35.6 Å². The number of carbonyl (C=O) groups is 1. The predicted octanol–water partition coefficient (Wildman–Crippen LogP) is 4.83. The zero-order chi connectivity index (χ0) is 31.2. The second kappa shape index (κ2) is 13.6. The lowest BCUT2D eigenvalue weighted by molar-refractivity contribution is -0.140. The van der Waals surface area contributed by atoms with Crippen molar-refractivity contribution < 1.29 is 31.1 Å². The molecule has 0 saturated heterocycles. The van der Waals surface area contributed by atoms with Gasteiger partial charge in [0.1, 0.15) is 12.3 Å². The molecule has 232 valence electrons. The zero-order valence-corrected chi connectivity index (χ0v) is 25.1. The summed E-state index contributed by atoms with van der Waals surface area (Å²) >= 11 is 0. The molecule has 0 atom stereocenters. The van der Waals surface area contributed by atoms with E-state index in [9.17, 15) is 26.4 Å². The largest absolute Gasteiger partial charge is 0.495 e. The number of benzene rings is 2. The summed E-state index contributed by atoms with van der Waals surface area (Å²) in [7, 11) is -0.753. The molecule has 43 heavy (non-hydrogen) atoms. The minimum absolute atomic E-state index is 0.00623. The number of rotatable bonds is 10. The van der Waals surface area contributed by atoms with Crippen LogP contribution in [0.15, 0.2) is 47.4 Å². The normalized spacial score (nSPS) is 17.2. The Labute approximate surface area is 249 Å². The number of ether oxygens (including phenoxy) is 1. The minimum atomic E-state index is -4.44. The van der Waals surface area contributed by atoms with E-state index in [0.29, 0.717) is 22.6 Å². The van der Waals surface area contributed by atoms with Crippen molar-refractivity contribution in [1.29, 1.82) is 0 Å². The third-order valence-corrected chi connectivity index (χ3v) is 8.79. The molecule has 0 spiro atoms. The molecule has 0 aliphatic heterocycles. The minimum Gasteiger partial charge on any atom is -0.495 e. The highest BCUT2D eigenvalue weighted by Crippen LogP contribution is 2.32. The summed E-state index contributed by atoms with van der Waals surface area (Å²) in [5, 5.41) is 10.5. The lowest BCUT2D eigenvalue weighted by atomic mass is 9.91. The van der Waals surface area contributed by atoms with Gasteiger partial charge < -0.3 is 25.3 Å². The molecule has 13 heteroatoms. The molecule has 3 aromatic rings. The van der Waals surface area contributed by atoms with E-state index in [1.807, 2.05) is 17.8 Å². The summed E-state index contributed by atoms with van der Waals surface area (Å²) in [6.45, 7) is 0.403. The van der Waals surface area contributed by atoms with Gasteiger partial charge in [-0.15, -0.1) is 0 Å². The molecule has 1 heterocycles. The zero-order valence-electron chi connectivity index (χ0n) is 24.3. The van der Waals surface area contributed by atoms with Crippen LogP contribution in [-0.4, -0.2) is 57.9 Å². The van der Waals surface area contributed by atoms with E-state index in [1.165, 1.54) is 36.8 Å². The van der Waals surface area contributed by atoms with Crippen molar-refractivity contribution in [3.63, 3.8) is 0 Å². The molecule has 2 aromatic carbocycles. The number of hydrogen-bond donors (Lipinski definition) is 4. The summed E-state index contributed by atoms with van der Waals surface area (Å²) in [5.41, 5.74) is 1.87. The number of amides is 1. The third kappa shape index (κ3) is 8.14. The molecular formula is C30H36F3N5O4S. The fraction of sp³-hybridized carbons (Fsp3) is 0.433. The Balaban J connectivity index is 1.55. The molecule has 1 amide bonds. The molecule has 1 aliphatic rings. The van der Waals surface area contributed by atoms with Crippen molar-refractivity contribution in [2.75, 3.05) is 31.3 Å². The Kier molecular flexibility index (Phi) is 10.1. The number of alkyl halides is 3. The molecule has 4 N–H and O–H groups in total. The molecule has 1 saturated carbocycles. The fourth-order valence-electron chi connectivity index (χ4n) is 5.15. The number of hydrogen-bond acceptors (Lipinski definition) is 7. The number of fused-ring (bicyclic) bond motifs is 1. The molecular weight excluding hydrogens is 583 g/mol. The lowest BCUT2D eigenvalue weighted by Crippen LogP contribution is -2.34. The molecule has 0 radical (unpaired) electrons. The Morgan fingerprint density at radius 3 is 2.44 bits per heavy atom. The number of carbonyl (C=O) groups excluding carboxylic acids is 1. The van der Waals surface area contributed by atoms with Gasteiger partial charge in [-0.3, -0.25) is 4.79 Å². The van der Waals surface area contributed by atoms with E-state index in [0.717, 1.165) is 31.4 Å². The van der Waals surface area contributed by atoms with Gasteiger partial charge in [-0.25, -0.2) is 13.1 Å². The summed E-state index contributed by atoms with van der Waals surface area (Å²) in [6, 6.07) is 11.7. The van der Waals surface area contributed by atoms with Crippen LogP contribution >= 0.6 is 0 Å². The maximum absolute atomic E-state index is 13.6. The number of halogens is 3. The van der Waals surface area contributed by atoms with Gasteiger partial charge in [-0.2, -0.15) is 13.2 Å². The SMILES string of the molecule is CCC(=O)NS(=O)(=O)c1ccc(NCC#Cc2cc3c(NC4CCC(NC)CC4)cccc3n2CC(F)(F)F)c(OC)c1. The second-order valence-corrected chi connectivity index (χ2v) is 12.0. The number of sulfonamides is 1. The average Bonchev–Trinajstić information content (AvgIpc) is 3.31. The van der Waals surface area contributed by atoms with Crippen LogP contribution in [0.25, 0.3) is 10.9 Å². The van der Waals surface area contributed by atoms with Gasteiger partial charge in [0.15, 0.2) is 0 Å². The van der Waals surface area contributed by atoms with E-state index in [1.54, 1.807) is 18.2 Å². The first-order valence-corrected chi connectivity index (χ1v) is 15.5. The number of methoxy groups -OCH3 is 1. The van der Waals surface area contributed by atoms with Crippen molar-refractivity contribution in [2.24, 2.45) is 0 Å². The van der Waals surface area contributed by atoms with E-state index in [2.05, 4.69) is 27.8 Å². The lowest BCUT2D eigenvalue weighted by Gasteiger charge is -2.29. The highest BCUT2D eigenvalue weighted by molar-refractivity contribution is 7.90. The predicted molar refractivity (Wildman–Crippen MR) is 161 cm³/mol. The van der Waals surface area contributed by atoms with Crippen LogP contribution in [0.1, 0.15) is 44.7 Å². The van der Waals surface area contributed by atoms with E-state index in [-0.39, 0.29) is 35.3 Å². The summed E-state index contributed by atoms with van der Waals surface area (Å²) < 4.78 is 74.1. The maximum atomic E-state index is 13.6. The second-order valence-electron chi connectivity index (χ2n) is 10.4. The van der Waals surface area contributed by atoms with Gasteiger partial charge >= 0.3 is 6.18 Å². The third-order valence-electron chi connectivity index (χ3n) is 7.41. The van der Waals surface area contributed by atoms with Crippen LogP contribution < -0.4 is 25.4 Å². The van der Waals surface area contributed by atoms with Crippen molar-refractivity contribution >= 4 is 38.2 Å². The van der Waals surface area contributed by atoms with Crippen LogP contribution in [0.5, 0.6) is 5.75 Å². The maximum Gasteiger partial charge on any atom is 0.406 e. The van der Waals surface area contributed by atoms with Crippen molar-refractivity contribution in [3.8, 4) is 17.6 Å². The number of nitrogens with one attached hydrogen (secondary N) is 4. The first kappa shape index (κ1) is 32.0. The van der Waals surface area contributed by atoms with Crippen molar-refractivity contribution in [3.05, 3.63) is 48.2 Å². The van der Waals surface area contributed by atoms with Gasteiger partial charge in [-0.1, -0.05) is 18.9 Å². The first-order valence-electron chi connectivity index (χ1n) is 14.0. The molecule has 1 fully saturated rings. The molecule has 0 unspecified atom stereocenters. The van der Waals surface area contributed by atoms with Gasteiger partial charge in [0.2, 0.25) is 5.91 Å². The summed E-state index contributed by atoms with van der Waals surface area (Å²) in [5.74, 6) is 5.30. The smallest absolute Gasteiger partial charge is 0.406 e. The number of anilines is 2. The molecule has 4 rings (SSSR count). The Morgan fingerprint density at radius 1 is 1.07 bits per heavy atom. The quantitative estimate of drug-likeness (QED) is 0.241. The highest BCUT2D eigenvalue weighted by atomic mass is 32.2. The molecule has 1 aliphatic carbocycles. The van der Waals surface area contributed by atoms with Gasteiger partial charge in [-0.05, 0) is 69.0 Å². The van der Waals surface area contributed by atoms with Crippen LogP contribution in [0, 0.1) is 11.8 Å². The number of nitrogens with zero attached hydrogens (tertiary/aromatic N) is 1. The molecule has 9 nitrogen and oxygen atoms in total. The summed E-state index contributed by atoms with van der Waals surface area (Å²) in [4.78, 5) is 11.4. The standard InChI is InChI=1S/C30H36F3N5O4S/c1-4-29(39)37-43(40,41)23-14-15-26(28(18-23)42-3)35-16-6-7-22-17-24-25(36-21-12-10-20(34-2)11-13-21)8-5-9-27(24)38(22)19-30(31,32)33/h5,8-9,14-15,17-18,20-21,34-36H,4,10-13,16,19H2,1-3H3,(H,37,39). The van der Waals surface area contributed by atoms with E-state index >= 15 is 0 Å². The topological polar surface area (TPSA) is 113 Å². The van der Waals surface area contributed by atoms with E-state index < -0.39 is 28.7 Å². The van der Waals surface area contributed by atoms with Crippen LogP contribution in [0.3, 0.4) is 0 Å². The fourth-order valence-corrected chi connectivity index (χ4v) is 6.22. The van der Waals surface area contributed by atoms with Gasteiger partial charge in [0.25, 0.3) is 10.0 Å². The van der Waals surface area contributed by atoms with Gasteiger partial charge in [0.05, 0.1) is 35.4 Å². The average molecular weight is 620 g/mol. The highest BCUT2D eigenvalue weighted by Gasteiger charge is 2.30. The molecule has 0 bridgehead atoms. The van der Waals surface area contributed by atoms with Crippen molar-refractivity contribution in [1.82, 2.24) is 14.6 Å². The number of aromatic nitrogens is 1. The Bertz CT molecular complexity index is 1620. The van der Waals surface area contributed by atoms with Crippen molar-refractivity contribution in [2.45, 2.75) is 68.7 Å². The Hall–Kier alpha value is -3.89. The van der Waals surface area contributed by atoms with Crippen LogP contribution in [-0.2, 0) is 21.4 Å². The first-order chi connectivity index (χ1) is 20.4. The van der Waals surface area contributed by atoms with Crippen LogP contribution in [0.2, 0.25) is 0 Å². The molecule has 1 aromatic heterocycles. The summed E-state index contributed by atoms with van der Waals surface area (Å²) in [6.07, 6.45) is -0.447. The Morgan fingerprint density at radius 2 is 1.79 bits per heavy atom.